The summed E-state index contributed by atoms with van der Waals surface area (Å²) in [6, 6.07) is 9.05. The normalized spacial score (nSPS) is 16.6. The molecule has 0 aliphatic heterocycles. The summed E-state index contributed by atoms with van der Waals surface area (Å²) < 4.78 is 2.02. The summed E-state index contributed by atoms with van der Waals surface area (Å²) in [7, 11) is 0. The maximum Gasteiger partial charge on any atom is 0.225 e. The van der Waals surface area contributed by atoms with E-state index in [1.807, 2.05) is 10.8 Å². The fourth-order valence-corrected chi connectivity index (χ4v) is 3.83. The van der Waals surface area contributed by atoms with Gasteiger partial charge >= 0.3 is 0 Å². The zero-order chi connectivity index (χ0) is 17.6. The molecule has 134 valence electrons. The molecule has 4 heteroatoms. The second-order valence-corrected chi connectivity index (χ2v) is 7.37. The Morgan fingerprint density at radius 2 is 2.12 bits per heavy atom. The molecule has 1 heterocycles. The maximum absolute atomic E-state index is 13.1. The van der Waals surface area contributed by atoms with Crippen molar-refractivity contribution in [3.05, 3.63) is 54.1 Å². The highest BCUT2D eigenvalue weighted by atomic mass is 16.2. The summed E-state index contributed by atoms with van der Waals surface area (Å²) in [4.78, 5) is 19.4. The molecule has 1 aliphatic rings. The van der Waals surface area contributed by atoms with Crippen LogP contribution in [0.25, 0.3) is 0 Å². The molecule has 1 saturated carbocycles. The third kappa shape index (κ3) is 4.71. The number of benzene rings is 1. The van der Waals surface area contributed by atoms with Crippen molar-refractivity contribution in [1.82, 2.24) is 14.5 Å². The molecule has 0 spiro atoms. The molecular weight excluding hydrogens is 310 g/mol. The Hall–Kier alpha value is -2.10. The molecular formula is C21H29N3O. The molecule has 0 saturated heterocycles. The minimum Gasteiger partial charge on any atom is -0.335 e. The van der Waals surface area contributed by atoms with Gasteiger partial charge in [0.2, 0.25) is 5.91 Å². The van der Waals surface area contributed by atoms with Crippen LogP contribution in [0.1, 0.15) is 62.6 Å². The van der Waals surface area contributed by atoms with Crippen LogP contribution in [0.2, 0.25) is 0 Å². The Balaban J connectivity index is 1.73. The van der Waals surface area contributed by atoms with E-state index in [4.69, 9.17) is 0 Å². The van der Waals surface area contributed by atoms with Gasteiger partial charge in [-0.1, -0.05) is 49.1 Å². The topological polar surface area (TPSA) is 38.1 Å². The molecule has 25 heavy (non-hydrogen) atoms. The van der Waals surface area contributed by atoms with Crippen molar-refractivity contribution in [2.45, 2.75) is 71.0 Å². The largest absolute Gasteiger partial charge is 0.335 e. The van der Waals surface area contributed by atoms with Gasteiger partial charge < -0.3 is 9.47 Å². The number of amides is 1. The maximum atomic E-state index is 13.1. The van der Waals surface area contributed by atoms with E-state index in [1.54, 1.807) is 12.5 Å². The first-order valence-electron chi connectivity index (χ1n) is 9.46. The fourth-order valence-electron chi connectivity index (χ4n) is 3.83. The van der Waals surface area contributed by atoms with E-state index in [0.717, 1.165) is 19.4 Å². The second-order valence-electron chi connectivity index (χ2n) is 7.37. The molecule has 0 N–H and O–H groups in total. The van der Waals surface area contributed by atoms with Crippen LogP contribution in [-0.2, 0) is 11.3 Å². The highest BCUT2D eigenvalue weighted by Crippen LogP contribution is 2.26. The van der Waals surface area contributed by atoms with Crippen LogP contribution < -0.4 is 0 Å². The van der Waals surface area contributed by atoms with Crippen LogP contribution in [0.3, 0.4) is 0 Å². The predicted molar refractivity (Wildman–Crippen MR) is 100 cm³/mol. The Kier molecular flexibility index (Phi) is 5.90. The number of rotatable bonds is 6. The van der Waals surface area contributed by atoms with E-state index >= 15 is 0 Å². The average molecular weight is 339 g/mol. The van der Waals surface area contributed by atoms with E-state index < -0.39 is 0 Å². The lowest BCUT2D eigenvalue weighted by molar-refractivity contribution is -0.135. The number of nitrogens with zero attached hydrogens (tertiary/aromatic N) is 3. The van der Waals surface area contributed by atoms with Gasteiger partial charge in [-0.3, -0.25) is 4.79 Å². The third-order valence-electron chi connectivity index (χ3n) is 5.28. The quantitative estimate of drug-likeness (QED) is 0.777. The number of hydrogen-bond acceptors (Lipinski definition) is 2. The lowest BCUT2D eigenvalue weighted by Gasteiger charge is -2.35. The number of carbonyl (C=O) groups excluding carboxylic acids is 1. The van der Waals surface area contributed by atoms with Gasteiger partial charge in [0.05, 0.1) is 6.33 Å². The standard InChI is InChI=1S/C21H29N3O/c1-17-7-6-8-19(13-17)15-24(20-9-4-3-5-10-20)21(25)14-18(2)23-12-11-22-16-23/h6-8,11-13,16,18,20H,3-5,9-10,14-15H2,1-2H3. The highest BCUT2D eigenvalue weighted by molar-refractivity contribution is 5.77. The van der Waals surface area contributed by atoms with Crippen molar-refractivity contribution < 1.29 is 4.79 Å². The van der Waals surface area contributed by atoms with E-state index in [9.17, 15) is 4.79 Å². The molecule has 0 bridgehead atoms. The van der Waals surface area contributed by atoms with Crippen LogP contribution in [0.5, 0.6) is 0 Å². The Labute approximate surface area is 150 Å². The average Bonchev–Trinajstić information content (AvgIpc) is 3.15. The van der Waals surface area contributed by atoms with Crippen molar-refractivity contribution in [2.75, 3.05) is 0 Å². The number of hydrogen-bond donors (Lipinski definition) is 0. The van der Waals surface area contributed by atoms with E-state index in [2.05, 4.69) is 48.0 Å². The van der Waals surface area contributed by atoms with Gasteiger partial charge in [-0.2, -0.15) is 0 Å². The van der Waals surface area contributed by atoms with Crippen molar-refractivity contribution in [1.29, 1.82) is 0 Å². The summed E-state index contributed by atoms with van der Waals surface area (Å²) in [5, 5.41) is 0. The van der Waals surface area contributed by atoms with E-state index in [1.165, 1.54) is 30.4 Å². The van der Waals surface area contributed by atoms with Crippen molar-refractivity contribution >= 4 is 5.91 Å². The summed E-state index contributed by atoms with van der Waals surface area (Å²) in [5.41, 5.74) is 2.48. The van der Waals surface area contributed by atoms with E-state index in [0.29, 0.717) is 12.5 Å². The summed E-state index contributed by atoms with van der Waals surface area (Å²) in [6.45, 7) is 4.92. The van der Waals surface area contributed by atoms with Crippen LogP contribution >= 0.6 is 0 Å². The monoisotopic (exact) mass is 339 g/mol. The Morgan fingerprint density at radius 1 is 1.32 bits per heavy atom. The number of aromatic nitrogens is 2. The second kappa shape index (κ2) is 8.32. The fraction of sp³-hybridized carbons (Fsp3) is 0.524. The van der Waals surface area contributed by atoms with Gasteiger partial charge in [-0.25, -0.2) is 4.98 Å². The minimum atomic E-state index is 0.138. The first-order chi connectivity index (χ1) is 12.1. The van der Waals surface area contributed by atoms with Crippen molar-refractivity contribution in [3.63, 3.8) is 0 Å². The first kappa shape index (κ1) is 17.7. The number of imidazole rings is 1. The zero-order valence-electron chi connectivity index (χ0n) is 15.4. The molecule has 4 nitrogen and oxygen atoms in total. The lowest BCUT2D eigenvalue weighted by Crippen LogP contribution is -2.41. The minimum absolute atomic E-state index is 0.138. The predicted octanol–water partition coefficient (Wildman–Crippen LogP) is 4.50. The molecule has 1 aliphatic carbocycles. The SMILES string of the molecule is Cc1cccc(CN(C(=O)CC(C)n2ccnc2)C2CCCCC2)c1. The molecule has 1 aromatic heterocycles. The number of aryl methyl sites for hydroxylation is 1. The first-order valence-corrected chi connectivity index (χ1v) is 9.46. The third-order valence-corrected chi connectivity index (χ3v) is 5.28. The molecule has 1 fully saturated rings. The summed E-state index contributed by atoms with van der Waals surface area (Å²) >= 11 is 0. The molecule has 1 amide bonds. The van der Waals surface area contributed by atoms with Crippen molar-refractivity contribution in [3.8, 4) is 0 Å². The lowest BCUT2D eigenvalue weighted by atomic mass is 9.93. The van der Waals surface area contributed by atoms with Crippen LogP contribution in [0.15, 0.2) is 43.0 Å². The molecule has 1 unspecified atom stereocenters. The van der Waals surface area contributed by atoms with Crippen LogP contribution in [0, 0.1) is 6.92 Å². The zero-order valence-corrected chi connectivity index (χ0v) is 15.4. The van der Waals surface area contributed by atoms with E-state index in [-0.39, 0.29) is 11.9 Å². The molecule has 1 aromatic carbocycles. The smallest absolute Gasteiger partial charge is 0.225 e. The summed E-state index contributed by atoms with van der Waals surface area (Å²) in [6.07, 6.45) is 12.1. The Morgan fingerprint density at radius 3 is 2.80 bits per heavy atom. The van der Waals surface area contributed by atoms with Crippen LogP contribution in [0.4, 0.5) is 0 Å². The van der Waals surface area contributed by atoms with Gasteiger partial charge in [0.1, 0.15) is 0 Å². The molecule has 3 rings (SSSR count). The highest BCUT2D eigenvalue weighted by Gasteiger charge is 2.26. The van der Waals surface area contributed by atoms with Gasteiger partial charge in [0.15, 0.2) is 0 Å². The van der Waals surface area contributed by atoms with Gasteiger partial charge in [-0.15, -0.1) is 0 Å². The van der Waals surface area contributed by atoms with Gasteiger partial charge in [-0.05, 0) is 32.3 Å². The van der Waals surface area contributed by atoms with Crippen molar-refractivity contribution in [2.24, 2.45) is 0 Å². The number of carbonyl (C=O) groups is 1. The molecule has 2 aromatic rings. The Bertz CT molecular complexity index is 674. The van der Waals surface area contributed by atoms with Gasteiger partial charge in [0, 0.05) is 37.4 Å². The van der Waals surface area contributed by atoms with Crippen LogP contribution in [-0.4, -0.2) is 26.4 Å². The van der Waals surface area contributed by atoms with Gasteiger partial charge in [0.25, 0.3) is 0 Å². The molecule has 1 atom stereocenters. The summed E-state index contributed by atoms with van der Waals surface area (Å²) in [5.74, 6) is 0.259. The molecule has 0 radical (unpaired) electrons.